The minimum absolute atomic E-state index is 0.418. The molecule has 4 heteroatoms. The number of pyridine rings is 1. The third kappa shape index (κ3) is 5.53. The first-order valence-corrected chi connectivity index (χ1v) is 17.5. The number of benzene rings is 7. The molecule has 9 rings (SSSR count). The van der Waals surface area contributed by atoms with E-state index >= 15 is 0 Å². The fourth-order valence-electron chi connectivity index (χ4n) is 7.56. The number of hydrogen-bond donors (Lipinski definition) is 0. The lowest BCUT2D eigenvalue weighted by atomic mass is 9.90. The van der Waals surface area contributed by atoms with Crippen LogP contribution in [-0.2, 0) is 0 Å². The zero-order valence-corrected chi connectivity index (χ0v) is 28.6. The maximum Gasteiger partial charge on any atom is 0.101 e. The normalized spacial score (nSPS) is 11.0. The molecule has 0 atom stereocenters. The summed E-state index contributed by atoms with van der Waals surface area (Å²) in [5, 5.41) is 23.4. The fraction of sp³-hybridized carbons (Fsp3) is 0. The highest BCUT2D eigenvalue weighted by molar-refractivity contribution is 6.11. The van der Waals surface area contributed by atoms with E-state index in [0.29, 0.717) is 16.8 Å². The molecule has 0 fully saturated rings. The molecule has 246 valence electrons. The van der Waals surface area contributed by atoms with Gasteiger partial charge in [-0.25, -0.2) is 0 Å². The topological polar surface area (TPSA) is 65.4 Å². The molecule has 0 aliphatic carbocycles. The van der Waals surface area contributed by atoms with Gasteiger partial charge in [-0.3, -0.25) is 4.98 Å². The average molecular weight is 675 g/mol. The molecular weight excluding hydrogens is 645 g/mol. The molecule has 4 nitrogen and oxygen atoms in total. The summed E-state index contributed by atoms with van der Waals surface area (Å²) in [5.41, 5.74) is 13.8. The monoisotopic (exact) mass is 674 g/mol. The van der Waals surface area contributed by atoms with Crippen LogP contribution in [0.25, 0.3) is 83.1 Å². The molecule has 0 spiro atoms. The summed E-state index contributed by atoms with van der Waals surface area (Å²) in [7, 11) is 0. The number of nitriles is 2. The molecule has 2 aromatic heterocycles. The van der Waals surface area contributed by atoms with E-state index < -0.39 is 0 Å². The second-order valence-corrected chi connectivity index (χ2v) is 13.0. The molecule has 0 aliphatic rings. The van der Waals surface area contributed by atoms with E-state index in [1.807, 2.05) is 60.8 Å². The molecule has 0 radical (unpaired) electrons. The van der Waals surface area contributed by atoms with Crippen molar-refractivity contribution in [3.05, 3.63) is 193 Å². The lowest BCUT2D eigenvalue weighted by molar-refractivity contribution is 1.15. The largest absolute Gasteiger partial charge is 0.307 e. The van der Waals surface area contributed by atoms with Crippen LogP contribution in [0, 0.1) is 22.7 Å². The Morgan fingerprint density at radius 2 is 0.906 bits per heavy atom. The highest BCUT2D eigenvalue weighted by Gasteiger charge is 2.21. The van der Waals surface area contributed by atoms with Gasteiger partial charge in [0.2, 0.25) is 0 Å². The minimum Gasteiger partial charge on any atom is -0.307 e. The van der Waals surface area contributed by atoms with Crippen LogP contribution in [0.15, 0.2) is 182 Å². The van der Waals surface area contributed by atoms with Gasteiger partial charge in [0.05, 0.1) is 27.8 Å². The summed E-state index contributed by atoms with van der Waals surface area (Å²) >= 11 is 0. The van der Waals surface area contributed by atoms with Gasteiger partial charge in [0.15, 0.2) is 0 Å². The van der Waals surface area contributed by atoms with E-state index in [0.717, 1.165) is 77.4 Å². The zero-order chi connectivity index (χ0) is 35.7. The van der Waals surface area contributed by atoms with Gasteiger partial charge in [0, 0.05) is 23.2 Å². The van der Waals surface area contributed by atoms with Crippen molar-refractivity contribution in [3.8, 4) is 73.5 Å². The molecular formula is C49H30N4. The standard InChI is InChI=1S/C49H30N4/c50-30-39-27-38(44-21-10-9-19-42(44)36-17-11-16-35(26-36)33-12-3-1-4-13-33)28-40(31-51)49(39)53-47-23-22-37(29-45(47)46-32-52-25-24-48(46)53)43-20-8-7-18-41(43)34-14-5-2-6-15-34/h1-29,32H. The first kappa shape index (κ1) is 31.5. The van der Waals surface area contributed by atoms with Crippen molar-refractivity contribution < 1.29 is 0 Å². The summed E-state index contributed by atoms with van der Waals surface area (Å²) in [6.45, 7) is 0. The third-order valence-electron chi connectivity index (χ3n) is 9.98. The molecule has 9 aromatic rings. The Morgan fingerprint density at radius 1 is 0.396 bits per heavy atom. The number of aromatic nitrogens is 2. The maximum atomic E-state index is 10.7. The lowest BCUT2D eigenvalue weighted by Crippen LogP contribution is -2.02. The molecule has 2 heterocycles. The van der Waals surface area contributed by atoms with Crippen molar-refractivity contribution >= 4 is 21.8 Å². The highest BCUT2D eigenvalue weighted by atomic mass is 15.0. The van der Waals surface area contributed by atoms with Gasteiger partial charge < -0.3 is 4.57 Å². The van der Waals surface area contributed by atoms with Crippen molar-refractivity contribution in [1.82, 2.24) is 9.55 Å². The zero-order valence-electron chi connectivity index (χ0n) is 28.6. The highest BCUT2D eigenvalue weighted by Crippen LogP contribution is 2.41. The van der Waals surface area contributed by atoms with Crippen molar-refractivity contribution in [1.29, 1.82) is 10.5 Å². The second kappa shape index (κ2) is 13.3. The van der Waals surface area contributed by atoms with Crippen LogP contribution in [-0.4, -0.2) is 9.55 Å². The van der Waals surface area contributed by atoms with Gasteiger partial charge >= 0.3 is 0 Å². The van der Waals surface area contributed by atoms with Crippen molar-refractivity contribution in [3.63, 3.8) is 0 Å². The molecule has 0 N–H and O–H groups in total. The first-order valence-electron chi connectivity index (χ1n) is 17.5. The Labute approximate surface area is 307 Å². The van der Waals surface area contributed by atoms with Gasteiger partial charge in [-0.15, -0.1) is 0 Å². The Hall–Kier alpha value is -7.53. The first-order chi connectivity index (χ1) is 26.2. The number of rotatable bonds is 6. The summed E-state index contributed by atoms with van der Waals surface area (Å²) in [4.78, 5) is 4.50. The number of nitrogens with zero attached hydrogens (tertiary/aromatic N) is 4. The van der Waals surface area contributed by atoms with Crippen LogP contribution in [0.5, 0.6) is 0 Å². The van der Waals surface area contributed by atoms with Gasteiger partial charge in [0.25, 0.3) is 0 Å². The predicted octanol–water partition coefficient (Wildman–Crippen LogP) is 12.3. The van der Waals surface area contributed by atoms with E-state index in [4.69, 9.17) is 0 Å². The van der Waals surface area contributed by atoms with E-state index in [1.54, 1.807) is 6.20 Å². The molecule has 53 heavy (non-hydrogen) atoms. The van der Waals surface area contributed by atoms with Crippen LogP contribution in [0.3, 0.4) is 0 Å². The Bertz CT molecular complexity index is 2870. The quantitative estimate of drug-likeness (QED) is 0.176. The van der Waals surface area contributed by atoms with Gasteiger partial charge in [0.1, 0.15) is 12.1 Å². The van der Waals surface area contributed by atoms with Crippen LogP contribution in [0.4, 0.5) is 0 Å². The summed E-state index contributed by atoms with van der Waals surface area (Å²) in [6.07, 6.45) is 3.63. The van der Waals surface area contributed by atoms with Crippen LogP contribution < -0.4 is 0 Å². The van der Waals surface area contributed by atoms with Gasteiger partial charge in [-0.2, -0.15) is 10.5 Å². The van der Waals surface area contributed by atoms with E-state index in [1.165, 1.54) is 0 Å². The Morgan fingerprint density at radius 3 is 1.55 bits per heavy atom. The predicted molar refractivity (Wildman–Crippen MR) is 215 cm³/mol. The van der Waals surface area contributed by atoms with Crippen LogP contribution >= 0.6 is 0 Å². The number of fused-ring (bicyclic) bond motifs is 3. The van der Waals surface area contributed by atoms with Crippen molar-refractivity contribution in [2.24, 2.45) is 0 Å². The minimum atomic E-state index is 0.418. The number of hydrogen-bond acceptors (Lipinski definition) is 3. The second-order valence-electron chi connectivity index (χ2n) is 13.0. The fourth-order valence-corrected chi connectivity index (χ4v) is 7.56. The molecule has 7 aromatic carbocycles. The molecule has 0 saturated heterocycles. The van der Waals surface area contributed by atoms with Gasteiger partial charge in [-0.1, -0.05) is 133 Å². The van der Waals surface area contributed by atoms with E-state index in [-0.39, 0.29) is 0 Å². The summed E-state index contributed by atoms with van der Waals surface area (Å²) in [5.74, 6) is 0. The van der Waals surface area contributed by atoms with E-state index in [2.05, 4.69) is 137 Å². The molecule has 0 bridgehead atoms. The van der Waals surface area contributed by atoms with Crippen LogP contribution in [0.1, 0.15) is 11.1 Å². The lowest BCUT2D eigenvalue weighted by Gasteiger charge is -2.16. The van der Waals surface area contributed by atoms with Crippen molar-refractivity contribution in [2.45, 2.75) is 0 Å². The SMILES string of the molecule is N#Cc1cc(-c2ccccc2-c2cccc(-c3ccccc3)c2)cc(C#N)c1-n1c2ccncc2c2cc(-c3ccccc3-c3ccccc3)ccc21. The Balaban J connectivity index is 1.21. The van der Waals surface area contributed by atoms with Crippen LogP contribution in [0.2, 0.25) is 0 Å². The van der Waals surface area contributed by atoms with Gasteiger partial charge in [-0.05, 0) is 92.0 Å². The summed E-state index contributed by atoms with van der Waals surface area (Å²) < 4.78 is 2.05. The smallest absolute Gasteiger partial charge is 0.101 e. The molecule has 0 amide bonds. The molecule has 0 unspecified atom stereocenters. The Kier molecular flexibility index (Phi) is 7.90. The third-order valence-corrected chi connectivity index (χ3v) is 9.98. The van der Waals surface area contributed by atoms with Crippen molar-refractivity contribution in [2.75, 3.05) is 0 Å². The van der Waals surface area contributed by atoms with E-state index in [9.17, 15) is 10.5 Å². The molecule has 0 saturated carbocycles. The summed E-state index contributed by atoms with van der Waals surface area (Å²) in [6, 6.07) is 63.0. The average Bonchev–Trinajstić information content (AvgIpc) is 3.57. The molecule has 0 aliphatic heterocycles. The maximum absolute atomic E-state index is 10.7.